The molecule has 8 heteroatoms. The van der Waals surface area contributed by atoms with Crippen LogP contribution in [0.5, 0.6) is 0 Å². The highest BCUT2D eigenvalue weighted by Gasteiger charge is 2.31. The molecule has 0 saturated carbocycles. The number of hydrogen-bond donors (Lipinski definition) is 2. The molecule has 21 heavy (non-hydrogen) atoms. The van der Waals surface area contributed by atoms with Gasteiger partial charge >= 0.3 is 6.18 Å². The standard InChI is InChI=1S/C13H11F3N4O/c1-17-10-3-2-8(13(14,15)16)6-9(10)12(21)20-11-7-18-4-5-19-11/h2-7,17H,1H3,(H,19,20,21). The normalized spacial score (nSPS) is 11.0. The number of alkyl halides is 3. The molecule has 0 aliphatic heterocycles. The van der Waals surface area contributed by atoms with Gasteiger partial charge in [-0.2, -0.15) is 13.2 Å². The fourth-order valence-electron chi connectivity index (χ4n) is 1.67. The summed E-state index contributed by atoms with van der Waals surface area (Å²) in [6, 6.07) is 2.90. The minimum atomic E-state index is -4.52. The molecule has 0 aliphatic rings. The molecule has 2 N–H and O–H groups in total. The van der Waals surface area contributed by atoms with E-state index in [1.54, 1.807) is 0 Å². The number of carbonyl (C=O) groups excluding carboxylic acids is 1. The summed E-state index contributed by atoms with van der Waals surface area (Å²) in [7, 11) is 1.52. The molecule has 1 aromatic heterocycles. The third kappa shape index (κ3) is 3.47. The van der Waals surface area contributed by atoms with Crippen molar-refractivity contribution in [1.29, 1.82) is 0 Å². The van der Waals surface area contributed by atoms with Gasteiger partial charge in [0.05, 0.1) is 17.3 Å². The first-order chi connectivity index (χ1) is 9.91. The molecule has 2 rings (SSSR count). The largest absolute Gasteiger partial charge is 0.416 e. The van der Waals surface area contributed by atoms with Crippen molar-refractivity contribution in [2.75, 3.05) is 17.7 Å². The zero-order valence-electron chi connectivity index (χ0n) is 10.9. The molecular formula is C13H11F3N4O. The molecule has 0 bridgehead atoms. The minimum absolute atomic E-state index is 0.127. The van der Waals surface area contributed by atoms with E-state index in [1.165, 1.54) is 31.7 Å². The number of nitrogens with zero attached hydrogens (tertiary/aromatic N) is 2. The molecule has 1 aromatic carbocycles. The molecule has 0 saturated heterocycles. The average molecular weight is 296 g/mol. The SMILES string of the molecule is CNc1ccc(C(F)(F)F)cc1C(=O)Nc1cnccn1. The van der Waals surface area contributed by atoms with Gasteiger partial charge in [-0.25, -0.2) is 4.98 Å². The summed E-state index contributed by atoms with van der Waals surface area (Å²) in [6.07, 6.45) is -0.446. The van der Waals surface area contributed by atoms with Crippen LogP contribution in [0.2, 0.25) is 0 Å². The van der Waals surface area contributed by atoms with Gasteiger partial charge in [0.2, 0.25) is 0 Å². The van der Waals surface area contributed by atoms with Crippen LogP contribution in [0, 0.1) is 0 Å². The van der Waals surface area contributed by atoms with Crippen LogP contribution < -0.4 is 10.6 Å². The van der Waals surface area contributed by atoms with Gasteiger partial charge in [0.1, 0.15) is 0 Å². The highest BCUT2D eigenvalue weighted by molar-refractivity contribution is 6.07. The third-order valence-corrected chi connectivity index (χ3v) is 2.67. The van der Waals surface area contributed by atoms with Crippen LogP contribution in [0.15, 0.2) is 36.8 Å². The first kappa shape index (κ1) is 14.8. The first-order valence-corrected chi connectivity index (χ1v) is 5.88. The van der Waals surface area contributed by atoms with Crippen LogP contribution in [-0.2, 0) is 6.18 Å². The molecule has 2 aromatic rings. The maximum absolute atomic E-state index is 12.7. The van der Waals surface area contributed by atoms with E-state index in [-0.39, 0.29) is 17.1 Å². The fraction of sp³-hybridized carbons (Fsp3) is 0.154. The van der Waals surface area contributed by atoms with Crippen molar-refractivity contribution in [3.8, 4) is 0 Å². The molecule has 0 aliphatic carbocycles. The van der Waals surface area contributed by atoms with Gasteiger partial charge < -0.3 is 10.6 Å². The zero-order valence-corrected chi connectivity index (χ0v) is 10.9. The lowest BCUT2D eigenvalue weighted by atomic mass is 10.1. The summed E-state index contributed by atoms with van der Waals surface area (Å²) in [5, 5.41) is 5.07. The van der Waals surface area contributed by atoms with Gasteiger partial charge in [0, 0.05) is 25.1 Å². The Labute approximate surface area is 118 Å². The van der Waals surface area contributed by atoms with E-state index in [1.807, 2.05) is 0 Å². The predicted molar refractivity (Wildman–Crippen MR) is 71.0 cm³/mol. The molecule has 1 amide bonds. The third-order valence-electron chi connectivity index (χ3n) is 2.67. The number of rotatable bonds is 3. The number of halogens is 3. The summed E-state index contributed by atoms with van der Waals surface area (Å²) in [6.45, 7) is 0. The maximum atomic E-state index is 12.7. The van der Waals surface area contributed by atoms with Crippen LogP contribution >= 0.6 is 0 Å². The van der Waals surface area contributed by atoms with Gasteiger partial charge in [0.25, 0.3) is 5.91 Å². The number of benzene rings is 1. The molecule has 0 fully saturated rings. The van der Waals surface area contributed by atoms with E-state index in [4.69, 9.17) is 0 Å². The van der Waals surface area contributed by atoms with Crippen molar-refractivity contribution in [1.82, 2.24) is 9.97 Å². The van der Waals surface area contributed by atoms with Crippen molar-refractivity contribution in [2.24, 2.45) is 0 Å². The molecule has 0 atom stereocenters. The summed E-state index contributed by atoms with van der Waals surface area (Å²) < 4.78 is 38.2. The lowest BCUT2D eigenvalue weighted by molar-refractivity contribution is -0.137. The first-order valence-electron chi connectivity index (χ1n) is 5.88. The number of carbonyl (C=O) groups is 1. The molecule has 110 valence electrons. The number of nitrogens with one attached hydrogen (secondary N) is 2. The van der Waals surface area contributed by atoms with E-state index in [0.29, 0.717) is 0 Å². The molecule has 0 spiro atoms. The molecular weight excluding hydrogens is 285 g/mol. The Hall–Kier alpha value is -2.64. The zero-order chi connectivity index (χ0) is 15.5. The predicted octanol–water partition coefficient (Wildman–Crippen LogP) is 2.79. The summed E-state index contributed by atoms with van der Waals surface area (Å²) in [5.41, 5.74) is -0.742. The van der Waals surface area contributed by atoms with E-state index < -0.39 is 17.6 Å². The number of aromatic nitrogens is 2. The van der Waals surface area contributed by atoms with Crippen molar-refractivity contribution in [2.45, 2.75) is 6.18 Å². The van der Waals surface area contributed by atoms with Gasteiger partial charge in [-0.1, -0.05) is 0 Å². The minimum Gasteiger partial charge on any atom is -0.387 e. The second-order valence-electron chi connectivity index (χ2n) is 4.05. The Bertz CT molecular complexity index is 644. The van der Waals surface area contributed by atoms with E-state index in [9.17, 15) is 18.0 Å². The van der Waals surface area contributed by atoms with Crippen molar-refractivity contribution < 1.29 is 18.0 Å². The fourth-order valence-corrected chi connectivity index (χ4v) is 1.67. The van der Waals surface area contributed by atoms with Crippen LogP contribution in [0.1, 0.15) is 15.9 Å². The van der Waals surface area contributed by atoms with Crippen LogP contribution in [0.3, 0.4) is 0 Å². The summed E-state index contributed by atoms with van der Waals surface area (Å²) in [4.78, 5) is 19.7. The van der Waals surface area contributed by atoms with E-state index in [2.05, 4.69) is 20.6 Å². The lowest BCUT2D eigenvalue weighted by Gasteiger charge is -2.13. The Kier molecular flexibility index (Phi) is 4.06. The van der Waals surface area contributed by atoms with Crippen molar-refractivity contribution in [3.63, 3.8) is 0 Å². The molecule has 1 heterocycles. The molecule has 0 unspecified atom stereocenters. The van der Waals surface area contributed by atoms with Gasteiger partial charge in [-0.3, -0.25) is 9.78 Å². The summed E-state index contributed by atoms with van der Waals surface area (Å²) in [5.74, 6) is -0.548. The highest BCUT2D eigenvalue weighted by atomic mass is 19.4. The summed E-state index contributed by atoms with van der Waals surface area (Å²) >= 11 is 0. The molecule has 5 nitrogen and oxygen atoms in total. The van der Waals surface area contributed by atoms with E-state index >= 15 is 0 Å². The van der Waals surface area contributed by atoms with Gasteiger partial charge in [-0.15, -0.1) is 0 Å². The number of hydrogen-bond acceptors (Lipinski definition) is 4. The van der Waals surface area contributed by atoms with Crippen LogP contribution in [0.4, 0.5) is 24.7 Å². The van der Waals surface area contributed by atoms with Crippen molar-refractivity contribution in [3.05, 3.63) is 47.9 Å². The lowest BCUT2D eigenvalue weighted by Crippen LogP contribution is -2.16. The average Bonchev–Trinajstić information content (AvgIpc) is 2.46. The Morgan fingerprint density at radius 2 is 2.00 bits per heavy atom. The van der Waals surface area contributed by atoms with Crippen LogP contribution in [-0.4, -0.2) is 22.9 Å². The Morgan fingerprint density at radius 3 is 2.57 bits per heavy atom. The Morgan fingerprint density at radius 1 is 1.24 bits per heavy atom. The number of anilines is 2. The van der Waals surface area contributed by atoms with Crippen LogP contribution in [0.25, 0.3) is 0 Å². The van der Waals surface area contributed by atoms with Crippen molar-refractivity contribution >= 4 is 17.4 Å². The number of amides is 1. The highest BCUT2D eigenvalue weighted by Crippen LogP contribution is 2.32. The Balaban J connectivity index is 2.34. The topological polar surface area (TPSA) is 66.9 Å². The maximum Gasteiger partial charge on any atom is 0.416 e. The second kappa shape index (κ2) is 5.78. The van der Waals surface area contributed by atoms with Gasteiger partial charge in [-0.05, 0) is 18.2 Å². The quantitative estimate of drug-likeness (QED) is 0.914. The van der Waals surface area contributed by atoms with E-state index in [0.717, 1.165) is 12.1 Å². The monoisotopic (exact) mass is 296 g/mol. The molecule has 0 radical (unpaired) electrons. The second-order valence-corrected chi connectivity index (χ2v) is 4.05. The smallest absolute Gasteiger partial charge is 0.387 e. The van der Waals surface area contributed by atoms with Gasteiger partial charge in [0.15, 0.2) is 5.82 Å².